The maximum Gasteiger partial charge on any atom is 0.151 e. The van der Waals surface area contributed by atoms with Crippen molar-refractivity contribution < 1.29 is 0 Å². The SMILES string of the molecule is CNCc1c(Br)nc(-c2cccs2)n1C. The molecule has 2 heterocycles. The molecule has 0 fully saturated rings. The molecule has 15 heavy (non-hydrogen) atoms. The van der Waals surface area contributed by atoms with Crippen LogP contribution in [0.5, 0.6) is 0 Å². The summed E-state index contributed by atoms with van der Waals surface area (Å²) in [6.07, 6.45) is 0. The first kappa shape index (κ1) is 10.9. The van der Waals surface area contributed by atoms with Crippen LogP contribution in [0.4, 0.5) is 0 Å². The first-order valence-corrected chi connectivity index (χ1v) is 6.31. The second-order valence-corrected chi connectivity index (χ2v) is 4.94. The summed E-state index contributed by atoms with van der Waals surface area (Å²) in [5.74, 6) is 1.02. The molecular formula is C10H12BrN3S. The zero-order valence-corrected chi connectivity index (χ0v) is 11.0. The number of nitrogens with one attached hydrogen (secondary N) is 1. The molecule has 2 rings (SSSR count). The molecule has 0 aromatic carbocycles. The lowest BCUT2D eigenvalue weighted by molar-refractivity contribution is 0.735. The Morgan fingerprint density at radius 3 is 3.00 bits per heavy atom. The van der Waals surface area contributed by atoms with Gasteiger partial charge in [0.1, 0.15) is 4.60 Å². The topological polar surface area (TPSA) is 29.9 Å². The fourth-order valence-electron chi connectivity index (χ4n) is 1.48. The molecule has 0 aliphatic rings. The van der Waals surface area contributed by atoms with Crippen LogP contribution in [0.1, 0.15) is 5.69 Å². The fraction of sp³-hybridized carbons (Fsp3) is 0.300. The summed E-state index contributed by atoms with van der Waals surface area (Å²) in [5.41, 5.74) is 1.17. The van der Waals surface area contributed by atoms with E-state index in [-0.39, 0.29) is 0 Å². The Bertz CT molecular complexity index is 447. The van der Waals surface area contributed by atoms with E-state index in [0.717, 1.165) is 17.0 Å². The summed E-state index contributed by atoms with van der Waals surface area (Å²) in [4.78, 5) is 5.72. The molecule has 0 bridgehead atoms. The highest BCUT2D eigenvalue weighted by atomic mass is 79.9. The van der Waals surface area contributed by atoms with Crippen molar-refractivity contribution in [2.45, 2.75) is 6.54 Å². The Morgan fingerprint density at radius 2 is 2.40 bits per heavy atom. The molecule has 3 nitrogen and oxygen atoms in total. The van der Waals surface area contributed by atoms with Crippen LogP contribution >= 0.6 is 27.3 Å². The molecule has 0 aliphatic heterocycles. The first-order chi connectivity index (χ1) is 7.24. The number of hydrogen-bond acceptors (Lipinski definition) is 3. The van der Waals surface area contributed by atoms with Crippen molar-refractivity contribution in [3.05, 3.63) is 27.8 Å². The van der Waals surface area contributed by atoms with Gasteiger partial charge in [0.2, 0.25) is 0 Å². The molecular weight excluding hydrogens is 274 g/mol. The average Bonchev–Trinajstić information content (AvgIpc) is 2.81. The number of aromatic nitrogens is 2. The zero-order valence-electron chi connectivity index (χ0n) is 8.62. The lowest BCUT2D eigenvalue weighted by atomic mass is 10.4. The molecule has 0 radical (unpaired) electrons. The van der Waals surface area contributed by atoms with Crippen molar-refractivity contribution in [3.8, 4) is 10.7 Å². The zero-order chi connectivity index (χ0) is 10.8. The largest absolute Gasteiger partial charge is 0.328 e. The van der Waals surface area contributed by atoms with Gasteiger partial charge in [-0.25, -0.2) is 4.98 Å². The number of rotatable bonds is 3. The number of nitrogens with zero attached hydrogens (tertiary/aromatic N) is 2. The van der Waals surface area contributed by atoms with Gasteiger partial charge in [-0.05, 0) is 34.4 Å². The van der Waals surface area contributed by atoms with Crippen LogP contribution in [0.15, 0.2) is 22.1 Å². The van der Waals surface area contributed by atoms with Gasteiger partial charge >= 0.3 is 0 Å². The van der Waals surface area contributed by atoms with E-state index in [0.29, 0.717) is 0 Å². The van der Waals surface area contributed by atoms with E-state index in [9.17, 15) is 0 Å². The summed E-state index contributed by atoms with van der Waals surface area (Å²) >= 11 is 5.19. The van der Waals surface area contributed by atoms with Gasteiger partial charge in [-0.2, -0.15) is 0 Å². The van der Waals surface area contributed by atoms with Crippen molar-refractivity contribution in [1.29, 1.82) is 0 Å². The van der Waals surface area contributed by atoms with Crippen LogP contribution in [-0.4, -0.2) is 16.6 Å². The van der Waals surface area contributed by atoms with Crippen LogP contribution in [0.2, 0.25) is 0 Å². The Labute approximate surface area is 101 Å². The Hall–Kier alpha value is -0.650. The van der Waals surface area contributed by atoms with Crippen LogP contribution < -0.4 is 5.32 Å². The highest BCUT2D eigenvalue weighted by molar-refractivity contribution is 9.10. The number of imidazole rings is 1. The molecule has 80 valence electrons. The Morgan fingerprint density at radius 1 is 1.60 bits per heavy atom. The summed E-state index contributed by atoms with van der Waals surface area (Å²) in [5, 5.41) is 5.20. The minimum absolute atomic E-state index is 0.815. The normalized spacial score (nSPS) is 10.9. The van der Waals surface area contributed by atoms with Gasteiger partial charge in [0.15, 0.2) is 5.82 Å². The summed E-state index contributed by atoms with van der Waals surface area (Å²) in [6, 6.07) is 4.13. The highest BCUT2D eigenvalue weighted by Crippen LogP contribution is 2.27. The van der Waals surface area contributed by atoms with Crippen LogP contribution in [0.3, 0.4) is 0 Å². The van der Waals surface area contributed by atoms with Gasteiger partial charge < -0.3 is 9.88 Å². The minimum atomic E-state index is 0.815. The van der Waals surface area contributed by atoms with E-state index in [1.54, 1.807) is 11.3 Å². The highest BCUT2D eigenvalue weighted by Gasteiger charge is 2.13. The van der Waals surface area contributed by atoms with Crippen molar-refractivity contribution in [2.24, 2.45) is 7.05 Å². The van der Waals surface area contributed by atoms with Crippen molar-refractivity contribution in [2.75, 3.05) is 7.05 Å². The molecule has 1 N–H and O–H groups in total. The molecule has 0 saturated heterocycles. The lowest BCUT2D eigenvalue weighted by Crippen LogP contribution is -2.09. The molecule has 0 amide bonds. The third-order valence-corrected chi connectivity index (χ3v) is 3.75. The van der Waals surface area contributed by atoms with Gasteiger partial charge in [-0.1, -0.05) is 6.07 Å². The first-order valence-electron chi connectivity index (χ1n) is 4.63. The van der Waals surface area contributed by atoms with E-state index < -0.39 is 0 Å². The van der Waals surface area contributed by atoms with Crippen molar-refractivity contribution in [3.63, 3.8) is 0 Å². The smallest absolute Gasteiger partial charge is 0.151 e. The molecule has 0 aliphatic carbocycles. The molecule has 0 unspecified atom stereocenters. The summed E-state index contributed by atoms with van der Waals surface area (Å²) in [7, 11) is 3.98. The molecule has 0 atom stereocenters. The van der Waals surface area contributed by atoms with E-state index in [1.807, 2.05) is 20.2 Å². The average molecular weight is 286 g/mol. The number of halogens is 1. The van der Waals surface area contributed by atoms with Crippen LogP contribution in [0.25, 0.3) is 10.7 Å². The maximum atomic E-state index is 4.52. The number of hydrogen-bond donors (Lipinski definition) is 1. The maximum absolute atomic E-state index is 4.52. The predicted molar refractivity (Wildman–Crippen MR) is 67.0 cm³/mol. The van der Waals surface area contributed by atoms with E-state index >= 15 is 0 Å². The number of thiophene rings is 1. The van der Waals surface area contributed by atoms with Gasteiger partial charge in [-0.3, -0.25) is 0 Å². The van der Waals surface area contributed by atoms with Gasteiger partial charge in [0.25, 0.3) is 0 Å². The third-order valence-electron chi connectivity index (χ3n) is 2.25. The van der Waals surface area contributed by atoms with E-state index in [4.69, 9.17) is 0 Å². The quantitative estimate of drug-likeness (QED) is 0.940. The van der Waals surface area contributed by atoms with Crippen LogP contribution in [0, 0.1) is 0 Å². The predicted octanol–water partition coefficient (Wildman–Crippen LogP) is 2.63. The second-order valence-electron chi connectivity index (χ2n) is 3.24. The van der Waals surface area contributed by atoms with Crippen molar-refractivity contribution in [1.82, 2.24) is 14.9 Å². The molecule has 0 spiro atoms. The van der Waals surface area contributed by atoms with Crippen molar-refractivity contribution >= 4 is 27.3 Å². The molecule has 0 saturated carbocycles. The van der Waals surface area contributed by atoms with E-state index in [2.05, 4.69) is 42.2 Å². The van der Waals surface area contributed by atoms with Gasteiger partial charge in [0, 0.05) is 13.6 Å². The van der Waals surface area contributed by atoms with Gasteiger partial charge in [-0.15, -0.1) is 11.3 Å². The van der Waals surface area contributed by atoms with Crippen LogP contribution in [-0.2, 0) is 13.6 Å². The second kappa shape index (κ2) is 4.47. The third kappa shape index (κ3) is 2.00. The Kier molecular flexibility index (Phi) is 3.23. The molecule has 5 heteroatoms. The lowest BCUT2D eigenvalue weighted by Gasteiger charge is -2.03. The van der Waals surface area contributed by atoms with E-state index in [1.165, 1.54) is 10.6 Å². The fourth-order valence-corrected chi connectivity index (χ4v) is 2.81. The molecule has 2 aromatic rings. The minimum Gasteiger partial charge on any atom is -0.328 e. The Balaban J connectivity index is 2.46. The monoisotopic (exact) mass is 285 g/mol. The summed E-state index contributed by atoms with van der Waals surface area (Å²) in [6.45, 7) is 0.815. The van der Waals surface area contributed by atoms with Gasteiger partial charge in [0.05, 0.1) is 10.6 Å². The molecule has 2 aromatic heterocycles. The summed E-state index contributed by atoms with van der Waals surface area (Å²) < 4.78 is 3.04. The standard InChI is InChI=1S/C10H12BrN3S/c1-12-6-7-9(11)13-10(14(7)2)8-4-3-5-15-8/h3-5,12H,6H2,1-2H3.